The molecule has 44 heavy (non-hydrogen) atoms. The Balaban J connectivity index is 1.15. The van der Waals surface area contributed by atoms with E-state index in [2.05, 4.69) is 32.7 Å². The molecule has 0 spiro atoms. The molecule has 0 unspecified atom stereocenters. The Kier molecular flexibility index (Phi) is 7.78. The van der Waals surface area contributed by atoms with Gasteiger partial charge < -0.3 is 15.6 Å². The van der Waals surface area contributed by atoms with E-state index in [4.69, 9.17) is 4.99 Å². The van der Waals surface area contributed by atoms with E-state index >= 15 is 0 Å². The molecule has 2 fully saturated rings. The third kappa shape index (κ3) is 6.05. The molecule has 0 bridgehead atoms. The zero-order chi connectivity index (χ0) is 30.1. The fraction of sp³-hybridized carbons (Fsp3) is 0.278. The number of H-pyrrole nitrogens is 1. The lowest BCUT2D eigenvalue weighted by Crippen LogP contribution is -2.29. The van der Waals surface area contributed by atoms with Crippen LogP contribution in [0, 0.1) is 0 Å². The Labute approximate surface area is 255 Å². The number of rotatable bonds is 7. The summed E-state index contributed by atoms with van der Waals surface area (Å²) >= 11 is 0. The monoisotopic (exact) mass is 593 g/mol. The second-order valence-corrected chi connectivity index (χ2v) is 11.8. The number of aromatic nitrogens is 2. The second-order valence-electron chi connectivity index (χ2n) is 11.8. The molecule has 2 saturated heterocycles. The van der Waals surface area contributed by atoms with Crippen LogP contribution in [0.25, 0.3) is 28.5 Å². The van der Waals surface area contributed by atoms with Gasteiger partial charge in [-0.25, -0.2) is 4.98 Å². The molecule has 7 rings (SSSR count). The lowest BCUT2D eigenvalue weighted by atomic mass is 9.92. The number of alkyl halides is 3. The topological polar surface area (TPSA) is 65.1 Å². The lowest BCUT2D eigenvalue weighted by Gasteiger charge is -2.13. The standard InChI is InChI=1S/C36H34F3N5/c37-36(38,39)29-15-13-26(14-16-29)30(25-11-9-24(10-12-25)28-20-33(42-21-28)31-3-1-17-40-31)19-23-5-7-27(8-6-23)34-22-43-35(44-34)32-4-2-18-41-32/h5-16,19,21-22,31-32,40-41H,1-4,17-18,20H2,(H,43,44)/t31-,32-/m0/s1. The number of aliphatic imine (C=N–C) groups is 1. The lowest BCUT2D eigenvalue weighted by molar-refractivity contribution is -0.137. The first kappa shape index (κ1) is 28.5. The van der Waals surface area contributed by atoms with Crippen LogP contribution < -0.4 is 10.6 Å². The number of nitrogens with one attached hydrogen (secondary N) is 3. The molecule has 4 heterocycles. The van der Waals surface area contributed by atoms with Gasteiger partial charge >= 0.3 is 6.18 Å². The van der Waals surface area contributed by atoms with Crippen LogP contribution in [0.5, 0.6) is 0 Å². The summed E-state index contributed by atoms with van der Waals surface area (Å²) in [7, 11) is 0. The summed E-state index contributed by atoms with van der Waals surface area (Å²) in [6.07, 6.45) is 6.85. The van der Waals surface area contributed by atoms with Crippen molar-refractivity contribution in [2.45, 2.75) is 50.4 Å². The van der Waals surface area contributed by atoms with Crippen LogP contribution in [-0.2, 0) is 6.18 Å². The van der Waals surface area contributed by atoms with Crippen molar-refractivity contribution >= 4 is 22.9 Å². The highest BCUT2D eigenvalue weighted by Crippen LogP contribution is 2.34. The molecule has 0 saturated carbocycles. The zero-order valence-electron chi connectivity index (χ0n) is 24.3. The maximum absolute atomic E-state index is 13.3. The molecule has 0 amide bonds. The van der Waals surface area contributed by atoms with Crippen molar-refractivity contribution in [3.63, 3.8) is 0 Å². The first-order valence-electron chi connectivity index (χ1n) is 15.3. The van der Waals surface area contributed by atoms with Gasteiger partial charge in [0.15, 0.2) is 0 Å². The van der Waals surface area contributed by atoms with Gasteiger partial charge in [-0.05, 0) is 95.9 Å². The average molecular weight is 594 g/mol. The van der Waals surface area contributed by atoms with Crippen molar-refractivity contribution in [2.24, 2.45) is 4.99 Å². The molecule has 224 valence electrons. The minimum absolute atomic E-state index is 0.271. The van der Waals surface area contributed by atoms with Gasteiger partial charge in [0.25, 0.3) is 0 Å². The molecule has 5 nitrogen and oxygen atoms in total. The van der Waals surface area contributed by atoms with Gasteiger partial charge in [0.05, 0.1) is 23.5 Å². The minimum Gasteiger partial charge on any atom is -0.341 e. The summed E-state index contributed by atoms with van der Waals surface area (Å²) in [6, 6.07) is 22.4. The molecule has 2 atom stereocenters. The Morgan fingerprint density at radius 3 is 2.05 bits per heavy atom. The van der Waals surface area contributed by atoms with Crippen molar-refractivity contribution in [3.8, 4) is 11.3 Å². The molecule has 1 aromatic heterocycles. The van der Waals surface area contributed by atoms with Gasteiger partial charge in [-0.3, -0.25) is 4.99 Å². The van der Waals surface area contributed by atoms with Crippen LogP contribution in [0.1, 0.15) is 71.8 Å². The molecule has 0 aliphatic carbocycles. The number of allylic oxidation sites excluding steroid dienone is 1. The van der Waals surface area contributed by atoms with Gasteiger partial charge in [0.2, 0.25) is 0 Å². The van der Waals surface area contributed by atoms with E-state index in [1.807, 2.05) is 54.9 Å². The minimum atomic E-state index is -4.38. The van der Waals surface area contributed by atoms with Crippen molar-refractivity contribution in [1.82, 2.24) is 20.6 Å². The van der Waals surface area contributed by atoms with Crippen molar-refractivity contribution in [2.75, 3.05) is 13.1 Å². The molecule has 8 heteroatoms. The van der Waals surface area contributed by atoms with Crippen LogP contribution in [-0.4, -0.2) is 34.8 Å². The number of imidazole rings is 1. The van der Waals surface area contributed by atoms with E-state index < -0.39 is 11.7 Å². The quantitative estimate of drug-likeness (QED) is 0.190. The van der Waals surface area contributed by atoms with E-state index in [0.29, 0.717) is 6.04 Å². The summed E-state index contributed by atoms with van der Waals surface area (Å²) in [5.74, 6) is 0.959. The first-order valence-corrected chi connectivity index (χ1v) is 15.3. The molecular formula is C36H34F3N5. The molecule has 3 aliphatic heterocycles. The fourth-order valence-corrected chi connectivity index (χ4v) is 6.35. The molecule has 0 radical (unpaired) electrons. The van der Waals surface area contributed by atoms with Crippen molar-refractivity contribution in [3.05, 3.63) is 119 Å². The van der Waals surface area contributed by atoms with Crippen LogP contribution in [0.3, 0.4) is 0 Å². The number of nitrogens with zero attached hydrogens (tertiary/aromatic N) is 2. The van der Waals surface area contributed by atoms with Crippen LogP contribution in [0.2, 0.25) is 0 Å². The molecule has 3 aliphatic rings. The highest BCUT2D eigenvalue weighted by Gasteiger charge is 2.30. The third-order valence-corrected chi connectivity index (χ3v) is 8.83. The van der Waals surface area contributed by atoms with E-state index in [1.165, 1.54) is 17.7 Å². The van der Waals surface area contributed by atoms with E-state index in [0.717, 1.165) is 95.8 Å². The molecule has 3 N–H and O–H groups in total. The number of hydrogen-bond acceptors (Lipinski definition) is 4. The van der Waals surface area contributed by atoms with E-state index in [9.17, 15) is 13.2 Å². The molecule has 3 aromatic carbocycles. The predicted octanol–water partition coefficient (Wildman–Crippen LogP) is 8.05. The summed E-state index contributed by atoms with van der Waals surface area (Å²) < 4.78 is 40.0. The molecular weight excluding hydrogens is 559 g/mol. The number of halogens is 3. The highest BCUT2D eigenvalue weighted by molar-refractivity contribution is 6.02. The van der Waals surface area contributed by atoms with E-state index in [-0.39, 0.29) is 6.04 Å². The predicted molar refractivity (Wildman–Crippen MR) is 170 cm³/mol. The Morgan fingerprint density at radius 2 is 1.41 bits per heavy atom. The maximum Gasteiger partial charge on any atom is 0.416 e. The summed E-state index contributed by atoms with van der Waals surface area (Å²) in [6.45, 7) is 2.05. The Bertz CT molecular complexity index is 1700. The second kappa shape index (κ2) is 12.0. The number of benzene rings is 3. The van der Waals surface area contributed by atoms with E-state index in [1.54, 1.807) is 12.1 Å². The third-order valence-electron chi connectivity index (χ3n) is 8.83. The van der Waals surface area contributed by atoms with Gasteiger partial charge in [-0.15, -0.1) is 0 Å². The fourth-order valence-electron chi connectivity index (χ4n) is 6.35. The summed E-state index contributed by atoms with van der Waals surface area (Å²) in [5, 5.41) is 6.99. The average Bonchev–Trinajstić information content (AvgIpc) is 3.87. The van der Waals surface area contributed by atoms with Crippen LogP contribution in [0.15, 0.2) is 90.2 Å². The van der Waals surface area contributed by atoms with Gasteiger partial charge in [-0.2, -0.15) is 13.2 Å². The zero-order valence-corrected chi connectivity index (χ0v) is 24.3. The van der Waals surface area contributed by atoms with Gasteiger partial charge in [0.1, 0.15) is 5.82 Å². The van der Waals surface area contributed by atoms with Crippen molar-refractivity contribution < 1.29 is 13.2 Å². The number of hydrogen-bond donors (Lipinski definition) is 3. The highest BCUT2D eigenvalue weighted by atomic mass is 19.4. The first-order chi connectivity index (χ1) is 21.4. The van der Waals surface area contributed by atoms with Crippen molar-refractivity contribution in [1.29, 1.82) is 0 Å². The SMILES string of the molecule is FC(F)(F)c1ccc(C(=Cc2ccc(-c3cnc([C@@H]4CCCN4)[nH]3)cc2)c2ccc(C3=CN=C([C@@H]4CCCN4)C3)cc2)cc1. The van der Waals surface area contributed by atoms with Gasteiger partial charge in [-0.1, -0.05) is 60.7 Å². The number of aromatic amines is 1. The summed E-state index contributed by atoms with van der Waals surface area (Å²) in [4.78, 5) is 12.7. The smallest absolute Gasteiger partial charge is 0.341 e. The summed E-state index contributed by atoms with van der Waals surface area (Å²) in [5.41, 5.74) is 8.25. The maximum atomic E-state index is 13.3. The van der Waals surface area contributed by atoms with Gasteiger partial charge in [0, 0.05) is 24.4 Å². The van der Waals surface area contributed by atoms with Crippen LogP contribution in [0.4, 0.5) is 13.2 Å². The Hall–Kier alpha value is -4.27. The molecule has 4 aromatic rings. The largest absolute Gasteiger partial charge is 0.416 e. The normalized spacial score (nSPS) is 20.7. The van der Waals surface area contributed by atoms with Crippen LogP contribution >= 0.6 is 0 Å². The Morgan fingerprint density at radius 1 is 0.773 bits per heavy atom.